The fraction of sp³-hybridized carbons (Fsp3) is 0.720. The van der Waals surface area contributed by atoms with E-state index in [0.717, 1.165) is 45.2 Å². The highest BCUT2D eigenvalue weighted by atomic mass is 16.2. The first-order valence-corrected chi connectivity index (χ1v) is 11.6. The number of fused-ring (bicyclic) bond motifs is 2. The number of rotatable bonds is 5. The van der Waals surface area contributed by atoms with E-state index < -0.39 is 0 Å². The Morgan fingerprint density at radius 3 is 2.57 bits per heavy atom. The number of piperidine rings is 1. The standard InChI is InChI=1S/C25H38N2O/c1-3-12-24(20-8-5-4-6-9-20)17-23(2)13-7-14-25(18-23,19-24)22(28)27-21-10-15-26-16-11-21/h4-6,8-9,21,26H,3,7,10-19H2,1-2H3,(H,27,28). The van der Waals surface area contributed by atoms with Crippen LogP contribution in [0.5, 0.6) is 0 Å². The second-order valence-electron chi connectivity index (χ2n) is 10.4. The maximum Gasteiger partial charge on any atom is 0.226 e. The van der Waals surface area contributed by atoms with Gasteiger partial charge in [0.1, 0.15) is 0 Å². The fourth-order valence-electron chi connectivity index (χ4n) is 7.05. The van der Waals surface area contributed by atoms with Crippen LogP contribution in [0.1, 0.15) is 83.6 Å². The summed E-state index contributed by atoms with van der Waals surface area (Å²) >= 11 is 0. The Morgan fingerprint density at radius 2 is 1.86 bits per heavy atom. The summed E-state index contributed by atoms with van der Waals surface area (Å²) in [5.74, 6) is 0.362. The van der Waals surface area contributed by atoms with E-state index in [4.69, 9.17) is 0 Å². The van der Waals surface area contributed by atoms with Crippen molar-refractivity contribution in [1.29, 1.82) is 0 Å². The molecule has 1 aromatic rings. The molecule has 3 aliphatic rings. The zero-order chi connectivity index (χ0) is 19.7. The summed E-state index contributed by atoms with van der Waals surface area (Å²) in [4.78, 5) is 13.7. The third-order valence-electron chi connectivity index (χ3n) is 7.91. The van der Waals surface area contributed by atoms with Crippen LogP contribution in [0.15, 0.2) is 30.3 Å². The molecule has 2 N–H and O–H groups in total. The molecule has 154 valence electrons. The van der Waals surface area contributed by atoms with E-state index in [1.807, 2.05) is 0 Å². The Morgan fingerprint density at radius 1 is 1.11 bits per heavy atom. The Labute approximate surface area is 171 Å². The normalized spacial score (nSPS) is 36.1. The summed E-state index contributed by atoms with van der Waals surface area (Å²) in [7, 11) is 0. The van der Waals surface area contributed by atoms with Crippen LogP contribution in [0.4, 0.5) is 0 Å². The van der Waals surface area contributed by atoms with Crippen LogP contribution >= 0.6 is 0 Å². The molecule has 3 atom stereocenters. The molecule has 3 nitrogen and oxygen atoms in total. The van der Waals surface area contributed by atoms with Crippen molar-refractivity contribution in [2.75, 3.05) is 13.1 Å². The van der Waals surface area contributed by atoms with Crippen molar-refractivity contribution in [3.8, 4) is 0 Å². The minimum atomic E-state index is -0.179. The quantitative estimate of drug-likeness (QED) is 0.756. The van der Waals surface area contributed by atoms with E-state index in [2.05, 4.69) is 54.8 Å². The molecule has 3 fully saturated rings. The van der Waals surface area contributed by atoms with Crippen molar-refractivity contribution in [3.05, 3.63) is 35.9 Å². The largest absolute Gasteiger partial charge is 0.353 e. The lowest BCUT2D eigenvalue weighted by Gasteiger charge is -2.58. The number of hydrogen-bond acceptors (Lipinski definition) is 2. The van der Waals surface area contributed by atoms with Gasteiger partial charge in [-0.05, 0) is 80.8 Å². The molecule has 1 amide bonds. The lowest BCUT2D eigenvalue weighted by molar-refractivity contribution is -0.144. The van der Waals surface area contributed by atoms with Gasteiger partial charge in [0.25, 0.3) is 0 Å². The summed E-state index contributed by atoms with van der Waals surface area (Å²) in [5.41, 5.74) is 1.71. The Kier molecular flexibility index (Phi) is 5.57. The van der Waals surface area contributed by atoms with Gasteiger partial charge in [0.05, 0.1) is 5.41 Å². The molecule has 0 spiro atoms. The van der Waals surface area contributed by atoms with E-state index in [1.165, 1.54) is 37.7 Å². The van der Waals surface area contributed by atoms with Crippen molar-refractivity contribution in [1.82, 2.24) is 10.6 Å². The lowest BCUT2D eigenvalue weighted by Crippen LogP contribution is -2.57. The molecule has 1 saturated heterocycles. The van der Waals surface area contributed by atoms with Gasteiger partial charge in [0, 0.05) is 6.04 Å². The van der Waals surface area contributed by atoms with Gasteiger partial charge >= 0.3 is 0 Å². The molecule has 2 aliphatic carbocycles. The van der Waals surface area contributed by atoms with Crippen LogP contribution in [0.25, 0.3) is 0 Å². The lowest BCUT2D eigenvalue weighted by atomic mass is 9.46. The number of carbonyl (C=O) groups is 1. The molecule has 1 heterocycles. The van der Waals surface area contributed by atoms with Crippen LogP contribution in [0.2, 0.25) is 0 Å². The second-order valence-corrected chi connectivity index (χ2v) is 10.4. The van der Waals surface area contributed by atoms with Gasteiger partial charge in [-0.3, -0.25) is 4.79 Å². The van der Waals surface area contributed by atoms with Gasteiger partial charge < -0.3 is 10.6 Å². The molecule has 2 saturated carbocycles. The highest BCUT2D eigenvalue weighted by Gasteiger charge is 2.57. The summed E-state index contributed by atoms with van der Waals surface area (Å²) in [6, 6.07) is 11.5. The third-order valence-corrected chi connectivity index (χ3v) is 7.91. The Bertz CT molecular complexity index is 683. The molecule has 1 aliphatic heterocycles. The molecule has 0 radical (unpaired) electrons. The van der Waals surface area contributed by atoms with Gasteiger partial charge in [-0.25, -0.2) is 0 Å². The first-order valence-electron chi connectivity index (χ1n) is 11.6. The molecular formula is C25H38N2O. The molecule has 3 heteroatoms. The second kappa shape index (κ2) is 7.82. The van der Waals surface area contributed by atoms with Gasteiger partial charge in [0.15, 0.2) is 0 Å². The molecule has 3 unspecified atom stereocenters. The molecule has 1 aromatic carbocycles. The summed E-state index contributed by atoms with van der Waals surface area (Å²) < 4.78 is 0. The van der Waals surface area contributed by atoms with Crippen LogP contribution in [0, 0.1) is 10.8 Å². The zero-order valence-corrected chi connectivity index (χ0v) is 17.9. The van der Waals surface area contributed by atoms with Crippen molar-refractivity contribution in [2.45, 2.75) is 89.5 Å². The summed E-state index contributed by atoms with van der Waals surface area (Å²) in [5, 5.41) is 6.92. The van der Waals surface area contributed by atoms with Crippen LogP contribution in [0.3, 0.4) is 0 Å². The predicted octanol–water partition coefficient (Wildman–Crippen LogP) is 4.95. The molecular weight excluding hydrogens is 344 g/mol. The van der Waals surface area contributed by atoms with E-state index in [9.17, 15) is 4.79 Å². The van der Waals surface area contributed by atoms with Gasteiger partial charge in [-0.1, -0.05) is 57.0 Å². The highest BCUT2D eigenvalue weighted by molar-refractivity contribution is 5.83. The number of benzene rings is 1. The van der Waals surface area contributed by atoms with Crippen LogP contribution < -0.4 is 10.6 Å². The summed E-state index contributed by atoms with van der Waals surface area (Å²) in [6.45, 7) is 6.82. The SMILES string of the molecule is CCCC1(c2ccccc2)CC2(C)CCCC(C(=O)NC3CCNCC3)(C2)C1. The number of nitrogens with one attached hydrogen (secondary N) is 2. The monoisotopic (exact) mass is 382 g/mol. The fourth-order valence-corrected chi connectivity index (χ4v) is 7.05. The first-order chi connectivity index (χ1) is 13.5. The van der Waals surface area contributed by atoms with Gasteiger partial charge in [-0.15, -0.1) is 0 Å². The average Bonchev–Trinajstić information content (AvgIpc) is 2.69. The molecule has 2 bridgehead atoms. The third kappa shape index (κ3) is 3.75. The average molecular weight is 383 g/mol. The number of carbonyl (C=O) groups excluding carboxylic acids is 1. The molecule has 4 rings (SSSR count). The minimum absolute atomic E-state index is 0.148. The van der Waals surface area contributed by atoms with Gasteiger partial charge in [0.2, 0.25) is 5.91 Å². The maximum atomic E-state index is 13.7. The number of hydrogen-bond donors (Lipinski definition) is 2. The Balaban J connectivity index is 1.66. The number of amides is 1. The summed E-state index contributed by atoms with van der Waals surface area (Å²) in [6.07, 6.45) is 11.4. The van der Waals surface area contributed by atoms with Crippen molar-refractivity contribution >= 4 is 5.91 Å². The smallest absolute Gasteiger partial charge is 0.226 e. The van der Waals surface area contributed by atoms with Crippen LogP contribution in [-0.2, 0) is 10.2 Å². The van der Waals surface area contributed by atoms with Crippen molar-refractivity contribution in [3.63, 3.8) is 0 Å². The predicted molar refractivity (Wildman–Crippen MR) is 115 cm³/mol. The zero-order valence-electron chi connectivity index (χ0n) is 17.9. The van der Waals surface area contributed by atoms with Gasteiger partial charge in [-0.2, -0.15) is 0 Å². The van der Waals surface area contributed by atoms with Crippen molar-refractivity contribution < 1.29 is 4.79 Å². The van der Waals surface area contributed by atoms with E-state index in [1.54, 1.807) is 0 Å². The minimum Gasteiger partial charge on any atom is -0.353 e. The maximum absolute atomic E-state index is 13.7. The Hall–Kier alpha value is -1.35. The topological polar surface area (TPSA) is 41.1 Å². The van der Waals surface area contributed by atoms with E-state index >= 15 is 0 Å². The molecule has 0 aromatic heterocycles. The van der Waals surface area contributed by atoms with E-state index in [-0.39, 0.29) is 16.2 Å². The highest BCUT2D eigenvalue weighted by Crippen LogP contribution is 2.63. The van der Waals surface area contributed by atoms with E-state index in [0.29, 0.717) is 11.9 Å². The van der Waals surface area contributed by atoms with Crippen LogP contribution in [-0.4, -0.2) is 25.0 Å². The molecule has 28 heavy (non-hydrogen) atoms. The first kappa shape index (κ1) is 19.9. The van der Waals surface area contributed by atoms with Crippen molar-refractivity contribution in [2.24, 2.45) is 10.8 Å².